The van der Waals surface area contributed by atoms with Crippen molar-refractivity contribution in [2.24, 2.45) is 0 Å². The smallest absolute Gasteiger partial charge is 0.143 e. The van der Waals surface area contributed by atoms with Crippen molar-refractivity contribution in [1.29, 1.82) is 0 Å². The van der Waals surface area contributed by atoms with Crippen molar-refractivity contribution in [3.8, 4) is 0 Å². The van der Waals surface area contributed by atoms with Gasteiger partial charge in [-0.15, -0.1) is 11.3 Å². The Kier molecular flexibility index (Phi) is 7.04. The van der Waals surface area contributed by atoms with Crippen LogP contribution in [0.2, 0.25) is 0 Å². The minimum absolute atomic E-state index is 0.908. The number of rotatable bonds is 6. The van der Waals surface area contributed by atoms with E-state index in [-0.39, 0.29) is 0 Å². The summed E-state index contributed by atoms with van der Waals surface area (Å²) in [5.41, 5.74) is 8.42. The largest absolute Gasteiger partial charge is 0.455 e. The van der Waals surface area contributed by atoms with Crippen LogP contribution in [0.3, 0.4) is 0 Å². The van der Waals surface area contributed by atoms with Gasteiger partial charge in [0.05, 0.1) is 10.4 Å². The molecule has 0 saturated carbocycles. The Morgan fingerprint density at radius 3 is 1.70 bits per heavy atom. The first kappa shape index (κ1) is 30.7. The molecule has 0 fully saturated rings. The summed E-state index contributed by atoms with van der Waals surface area (Å²) >= 11 is 1.85. The molecular formula is C50H32N2OS. The minimum Gasteiger partial charge on any atom is -0.455 e. The number of hydrogen-bond donors (Lipinski definition) is 0. The van der Waals surface area contributed by atoms with Crippen LogP contribution in [0.15, 0.2) is 199 Å². The van der Waals surface area contributed by atoms with E-state index in [1.165, 1.54) is 36.3 Å². The molecule has 0 radical (unpaired) electrons. The molecule has 0 bridgehead atoms. The second kappa shape index (κ2) is 12.4. The number of benzene rings is 9. The number of hydrogen-bond acceptors (Lipinski definition) is 4. The third-order valence-electron chi connectivity index (χ3n) is 10.6. The van der Waals surface area contributed by atoms with Gasteiger partial charge in [-0.25, -0.2) is 0 Å². The number of anilines is 6. The van der Waals surface area contributed by atoms with Crippen LogP contribution in [0.5, 0.6) is 0 Å². The lowest BCUT2D eigenvalue weighted by molar-refractivity contribution is 0.673. The average molecular weight is 709 g/mol. The Labute approximate surface area is 316 Å². The highest BCUT2D eigenvalue weighted by atomic mass is 32.1. The zero-order chi connectivity index (χ0) is 35.6. The third kappa shape index (κ3) is 4.81. The third-order valence-corrected chi connectivity index (χ3v) is 11.8. The van der Waals surface area contributed by atoms with E-state index in [9.17, 15) is 0 Å². The standard InChI is InChI=1S/C50H32N2OS/c1-3-15-33(16-4-1)51(34-17-5-2-6-18-34)35-19-13-20-36(31-35)52(45-26-14-25-42-39-22-10-12-28-47(39)54-50(42)45)37-29-30-41-44(32-37)38-21-7-8-23-40(38)48-43-24-9-11-27-46(43)53-49(41)48/h1-32H. The van der Waals surface area contributed by atoms with Gasteiger partial charge in [-0.1, -0.05) is 115 Å². The molecular weight excluding hydrogens is 677 g/mol. The Balaban J connectivity index is 1.19. The lowest BCUT2D eigenvalue weighted by Crippen LogP contribution is -2.13. The molecule has 4 heteroatoms. The fourth-order valence-corrected chi connectivity index (χ4v) is 9.45. The molecule has 11 rings (SSSR count). The summed E-state index contributed by atoms with van der Waals surface area (Å²) in [6.07, 6.45) is 0. The first-order valence-electron chi connectivity index (χ1n) is 18.3. The van der Waals surface area contributed by atoms with Gasteiger partial charge >= 0.3 is 0 Å². The lowest BCUT2D eigenvalue weighted by atomic mass is 9.96. The van der Waals surface area contributed by atoms with Crippen LogP contribution < -0.4 is 9.80 Å². The van der Waals surface area contributed by atoms with Crippen LogP contribution in [0, 0.1) is 0 Å². The molecule has 2 heterocycles. The van der Waals surface area contributed by atoms with Crippen molar-refractivity contribution in [2.45, 2.75) is 0 Å². The molecule has 0 spiro atoms. The summed E-state index contributed by atoms with van der Waals surface area (Å²) in [6.45, 7) is 0. The van der Waals surface area contributed by atoms with E-state index in [4.69, 9.17) is 4.42 Å². The van der Waals surface area contributed by atoms with E-state index in [0.29, 0.717) is 0 Å². The van der Waals surface area contributed by atoms with E-state index in [2.05, 4.69) is 198 Å². The van der Waals surface area contributed by atoms with Gasteiger partial charge in [0.2, 0.25) is 0 Å². The highest BCUT2D eigenvalue weighted by molar-refractivity contribution is 7.26. The molecule has 0 amide bonds. The monoisotopic (exact) mass is 708 g/mol. The van der Waals surface area contributed by atoms with Gasteiger partial charge in [-0.3, -0.25) is 0 Å². The predicted molar refractivity (Wildman–Crippen MR) is 231 cm³/mol. The Morgan fingerprint density at radius 1 is 0.352 bits per heavy atom. The van der Waals surface area contributed by atoms with Crippen molar-refractivity contribution in [3.05, 3.63) is 194 Å². The number of nitrogens with zero attached hydrogens (tertiary/aromatic N) is 2. The number of thiophene rings is 1. The van der Waals surface area contributed by atoms with E-state index in [1.807, 2.05) is 17.4 Å². The van der Waals surface area contributed by atoms with Gasteiger partial charge in [-0.2, -0.15) is 0 Å². The highest BCUT2D eigenvalue weighted by Gasteiger charge is 2.22. The van der Waals surface area contributed by atoms with Gasteiger partial charge in [0.15, 0.2) is 0 Å². The average Bonchev–Trinajstić information content (AvgIpc) is 3.82. The number of fused-ring (bicyclic) bond motifs is 11. The van der Waals surface area contributed by atoms with E-state index in [1.54, 1.807) is 0 Å². The van der Waals surface area contributed by atoms with Crippen LogP contribution in [0.4, 0.5) is 34.1 Å². The van der Waals surface area contributed by atoms with Crippen LogP contribution in [0.25, 0.3) is 63.7 Å². The second-order valence-corrected chi connectivity index (χ2v) is 14.7. The molecule has 0 aliphatic carbocycles. The molecule has 11 aromatic rings. The minimum atomic E-state index is 0.908. The maximum Gasteiger partial charge on any atom is 0.143 e. The molecule has 254 valence electrons. The predicted octanol–water partition coefficient (Wildman–Crippen LogP) is 15.2. The Bertz CT molecular complexity index is 3140. The first-order valence-corrected chi connectivity index (χ1v) is 19.1. The van der Waals surface area contributed by atoms with E-state index in [0.717, 1.165) is 61.4 Å². The molecule has 0 atom stereocenters. The number of para-hydroxylation sites is 3. The normalized spacial score (nSPS) is 11.7. The Morgan fingerprint density at radius 2 is 0.926 bits per heavy atom. The molecule has 0 aliphatic rings. The fourth-order valence-electron chi connectivity index (χ4n) is 8.24. The topological polar surface area (TPSA) is 19.6 Å². The fraction of sp³-hybridized carbons (Fsp3) is 0. The molecule has 0 N–H and O–H groups in total. The maximum atomic E-state index is 6.64. The Hall–Kier alpha value is -6.88. The first-order chi connectivity index (χ1) is 26.8. The molecule has 2 aromatic heterocycles. The summed E-state index contributed by atoms with van der Waals surface area (Å²) in [4.78, 5) is 4.76. The van der Waals surface area contributed by atoms with Crippen LogP contribution >= 0.6 is 11.3 Å². The van der Waals surface area contributed by atoms with Gasteiger partial charge in [-0.05, 0) is 95.0 Å². The van der Waals surface area contributed by atoms with Gasteiger partial charge < -0.3 is 14.2 Å². The molecule has 0 saturated heterocycles. The summed E-state index contributed by atoms with van der Waals surface area (Å²) in [7, 11) is 0. The van der Waals surface area contributed by atoms with E-state index < -0.39 is 0 Å². The van der Waals surface area contributed by atoms with Gasteiger partial charge in [0.1, 0.15) is 11.2 Å². The zero-order valence-corrected chi connectivity index (χ0v) is 30.0. The zero-order valence-electron chi connectivity index (χ0n) is 29.2. The molecule has 0 aliphatic heterocycles. The van der Waals surface area contributed by atoms with Crippen molar-refractivity contribution >= 4 is 109 Å². The summed E-state index contributed by atoms with van der Waals surface area (Å²) < 4.78 is 9.18. The van der Waals surface area contributed by atoms with Crippen LogP contribution in [0.1, 0.15) is 0 Å². The summed E-state index contributed by atoms with van der Waals surface area (Å²) in [5.74, 6) is 0. The summed E-state index contributed by atoms with van der Waals surface area (Å²) in [5, 5.41) is 9.54. The SMILES string of the molecule is c1ccc(N(c2ccccc2)c2cccc(N(c3ccc4c(c3)c3ccccc3c3c5ccccc5oc43)c3cccc4c3sc3ccccc34)c2)cc1. The van der Waals surface area contributed by atoms with Crippen molar-refractivity contribution < 1.29 is 4.42 Å². The summed E-state index contributed by atoms with van der Waals surface area (Å²) in [6, 6.07) is 69.6. The van der Waals surface area contributed by atoms with Crippen molar-refractivity contribution in [1.82, 2.24) is 0 Å². The molecule has 9 aromatic carbocycles. The molecule has 0 unspecified atom stereocenters. The molecule has 3 nitrogen and oxygen atoms in total. The second-order valence-electron chi connectivity index (χ2n) is 13.7. The van der Waals surface area contributed by atoms with Crippen LogP contribution in [-0.2, 0) is 0 Å². The van der Waals surface area contributed by atoms with E-state index >= 15 is 0 Å². The lowest BCUT2D eigenvalue weighted by Gasteiger charge is -2.30. The van der Waals surface area contributed by atoms with Crippen molar-refractivity contribution in [3.63, 3.8) is 0 Å². The van der Waals surface area contributed by atoms with Crippen LogP contribution in [-0.4, -0.2) is 0 Å². The van der Waals surface area contributed by atoms with Crippen molar-refractivity contribution in [2.75, 3.05) is 9.80 Å². The van der Waals surface area contributed by atoms with Gasteiger partial charge in [0, 0.05) is 60.1 Å². The molecule has 54 heavy (non-hydrogen) atoms. The maximum absolute atomic E-state index is 6.64. The quantitative estimate of drug-likeness (QED) is 0.160. The van der Waals surface area contributed by atoms with Gasteiger partial charge in [0.25, 0.3) is 0 Å². The number of furan rings is 1. The highest BCUT2D eigenvalue weighted by Crippen LogP contribution is 2.48.